The van der Waals surface area contributed by atoms with Gasteiger partial charge < -0.3 is 14.2 Å². The first-order chi connectivity index (χ1) is 7.72. The van der Waals surface area contributed by atoms with E-state index >= 15 is 0 Å². The fourth-order valence-corrected chi connectivity index (χ4v) is 2.04. The number of hydrogen-bond donors (Lipinski definition) is 2. The van der Waals surface area contributed by atoms with E-state index in [1.807, 2.05) is 17.8 Å². The molecule has 0 bridgehead atoms. The molecule has 0 amide bonds. The van der Waals surface area contributed by atoms with E-state index in [1.165, 1.54) is 0 Å². The van der Waals surface area contributed by atoms with Crippen LogP contribution in [0.15, 0.2) is 12.4 Å². The summed E-state index contributed by atoms with van der Waals surface area (Å²) in [5.41, 5.74) is 2.80. The molecule has 6 nitrogen and oxygen atoms in total. The van der Waals surface area contributed by atoms with Gasteiger partial charge in [0.05, 0.1) is 12.7 Å². The van der Waals surface area contributed by atoms with Gasteiger partial charge >= 0.3 is 0 Å². The smallest absolute Gasteiger partial charge is 0.129 e. The standard InChI is InChI=1S/C10H19N5O/c1-14-5-6-16-8(7-14)9(13-11)10-12-3-4-15(10)2/h3-4,8-9,13H,5-7,11H2,1-2H3. The molecule has 0 saturated carbocycles. The lowest BCUT2D eigenvalue weighted by Gasteiger charge is -2.34. The molecular formula is C10H19N5O. The summed E-state index contributed by atoms with van der Waals surface area (Å²) in [6.07, 6.45) is 3.73. The maximum atomic E-state index is 5.74. The number of aryl methyl sites for hydroxylation is 1. The van der Waals surface area contributed by atoms with Crippen LogP contribution in [0.5, 0.6) is 0 Å². The Kier molecular flexibility index (Phi) is 3.55. The second-order valence-corrected chi connectivity index (χ2v) is 4.21. The van der Waals surface area contributed by atoms with Crippen molar-refractivity contribution in [2.24, 2.45) is 12.9 Å². The number of likely N-dealkylation sites (N-methyl/N-ethyl adjacent to an activating group) is 1. The number of nitrogens with zero attached hydrogens (tertiary/aromatic N) is 3. The average Bonchev–Trinajstić information content (AvgIpc) is 2.67. The normalized spacial score (nSPS) is 24.6. The lowest BCUT2D eigenvalue weighted by Crippen LogP contribution is -2.49. The van der Waals surface area contributed by atoms with E-state index in [4.69, 9.17) is 10.6 Å². The molecule has 0 radical (unpaired) electrons. The molecule has 1 aromatic rings. The highest BCUT2D eigenvalue weighted by Crippen LogP contribution is 2.19. The first-order valence-electron chi connectivity index (χ1n) is 5.46. The number of hydrogen-bond acceptors (Lipinski definition) is 5. The van der Waals surface area contributed by atoms with Crippen LogP contribution in [-0.4, -0.2) is 47.3 Å². The first kappa shape index (κ1) is 11.5. The van der Waals surface area contributed by atoms with E-state index in [1.54, 1.807) is 6.20 Å². The number of nitrogens with two attached hydrogens (primary N) is 1. The number of aromatic nitrogens is 2. The van der Waals surface area contributed by atoms with Gasteiger partial charge in [0.2, 0.25) is 0 Å². The highest BCUT2D eigenvalue weighted by Gasteiger charge is 2.29. The summed E-state index contributed by atoms with van der Waals surface area (Å²) in [6.45, 7) is 2.57. The van der Waals surface area contributed by atoms with Crippen LogP contribution in [-0.2, 0) is 11.8 Å². The molecule has 2 unspecified atom stereocenters. The Hall–Kier alpha value is -0.950. The van der Waals surface area contributed by atoms with Crippen LogP contribution in [0, 0.1) is 0 Å². The number of morpholine rings is 1. The van der Waals surface area contributed by atoms with Crippen LogP contribution in [0.1, 0.15) is 11.9 Å². The third kappa shape index (κ3) is 2.25. The molecule has 1 saturated heterocycles. The van der Waals surface area contributed by atoms with Crippen molar-refractivity contribution in [3.05, 3.63) is 18.2 Å². The minimum absolute atomic E-state index is 0.0462. The topological polar surface area (TPSA) is 68.3 Å². The van der Waals surface area contributed by atoms with Gasteiger partial charge in [-0.2, -0.15) is 0 Å². The maximum absolute atomic E-state index is 5.74. The molecule has 16 heavy (non-hydrogen) atoms. The first-order valence-corrected chi connectivity index (χ1v) is 5.46. The Morgan fingerprint density at radius 3 is 3.00 bits per heavy atom. The molecule has 1 aliphatic heterocycles. The number of hydrazine groups is 1. The molecule has 90 valence electrons. The van der Waals surface area contributed by atoms with E-state index < -0.39 is 0 Å². The number of imidazole rings is 1. The van der Waals surface area contributed by atoms with Gasteiger partial charge in [0, 0.05) is 32.5 Å². The summed E-state index contributed by atoms with van der Waals surface area (Å²) in [6, 6.07) is -0.0669. The summed E-state index contributed by atoms with van der Waals surface area (Å²) in [7, 11) is 4.04. The van der Waals surface area contributed by atoms with Gasteiger partial charge in [-0.15, -0.1) is 0 Å². The van der Waals surface area contributed by atoms with Crippen LogP contribution >= 0.6 is 0 Å². The van der Waals surface area contributed by atoms with Crippen LogP contribution in [0.3, 0.4) is 0 Å². The molecule has 1 aliphatic rings. The second kappa shape index (κ2) is 4.92. The number of ether oxygens (including phenoxy) is 1. The average molecular weight is 225 g/mol. The zero-order valence-electron chi connectivity index (χ0n) is 9.76. The zero-order valence-corrected chi connectivity index (χ0v) is 9.76. The largest absolute Gasteiger partial charge is 0.373 e. The Morgan fingerprint density at radius 1 is 1.62 bits per heavy atom. The molecule has 0 spiro atoms. The van der Waals surface area contributed by atoms with E-state index in [0.717, 1.165) is 25.5 Å². The quantitative estimate of drug-likeness (QED) is 0.523. The van der Waals surface area contributed by atoms with Gasteiger partial charge in [-0.05, 0) is 7.05 Å². The van der Waals surface area contributed by atoms with Crippen molar-refractivity contribution in [3.8, 4) is 0 Å². The van der Waals surface area contributed by atoms with Gasteiger partial charge in [-0.3, -0.25) is 5.84 Å². The molecule has 3 N–H and O–H groups in total. The molecule has 6 heteroatoms. The zero-order chi connectivity index (χ0) is 11.5. The van der Waals surface area contributed by atoms with Crippen LogP contribution in [0.25, 0.3) is 0 Å². The molecule has 0 aromatic carbocycles. The van der Waals surface area contributed by atoms with Crippen molar-refractivity contribution >= 4 is 0 Å². The summed E-state index contributed by atoms with van der Waals surface area (Å²) in [4.78, 5) is 6.55. The summed E-state index contributed by atoms with van der Waals surface area (Å²) in [5, 5.41) is 0. The van der Waals surface area contributed by atoms with Gasteiger partial charge in [0.25, 0.3) is 0 Å². The van der Waals surface area contributed by atoms with Crippen LogP contribution in [0.2, 0.25) is 0 Å². The minimum Gasteiger partial charge on any atom is -0.373 e. The third-order valence-electron chi connectivity index (χ3n) is 2.98. The van der Waals surface area contributed by atoms with Gasteiger partial charge in [-0.1, -0.05) is 0 Å². The van der Waals surface area contributed by atoms with Crippen molar-refractivity contribution in [3.63, 3.8) is 0 Å². The van der Waals surface area contributed by atoms with E-state index in [2.05, 4.69) is 22.4 Å². The van der Waals surface area contributed by atoms with E-state index in [9.17, 15) is 0 Å². The van der Waals surface area contributed by atoms with Gasteiger partial charge in [-0.25, -0.2) is 10.4 Å². The maximum Gasteiger partial charge on any atom is 0.129 e. The Bertz CT molecular complexity index is 340. The van der Waals surface area contributed by atoms with Crippen molar-refractivity contribution in [2.45, 2.75) is 12.1 Å². The van der Waals surface area contributed by atoms with Gasteiger partial charge in [0.1, 0.15) is 11.9 Å². The summed E-state index contributed by atoms with van der Waals surface area (Å²) in [5.74, 6) is 6.51. The third-order valence-corrected chi connectivity index (χ3v) is 2.98. The SMILES string of the molecule is CN1CCOC(C(NN)c2nccn2C)C1. The van der Waals surface area contributed by atoms with Crippen molar-refractivity contribution < 1.29 is 4.74 Å². The predicted molar refractivity (Wildman–Crippen MR) is 60.5 cm³/mol. The molecule has 1 fully saturated rings. The molecule has 1 aromatic heterocycles. The summed E-state index contributed by atoms with van der Waals surface area (Å²) >= 11 is 0. The van der Waals surface area contributed by atoms with Crippen LogP contribution < -0.4 is 11.3 Å². The minimum atomic E-state index is -0.0669. The highest BCUT2D eigenvalue weighted by atomic mass is 16.5. The lowest BCUT2D eigenvalue weighted by atomic mass is 10.1. The Balaban J connectivity index is 2.13. The predicted octanol–water partition coefficient (Wildman–Crippen LogP) is -0.745. The molecular weight excluding hydrogens is 206 g/mol. The van der Waals surface area contributed by atoms with Crippen LogP contribution in [0.4, 0.5) is 0 Å². The molecule has 2 atom stereocenters. The van der Waals surface area contributed by atoms with Crippen molar-refractivity contribution in [1.29, 1.82) is 0 Å². The molecule has 2 rings (SSSR count). The van der Waals surface area contributed by atoms with Gasteiger partial charge in [0.15, 0.2) is 0 Å². The lowest BCUT2D eigenvalue weighted by molar-refractivity contribution is -0.0412. The molecule has 0 aliphatic carbocycles. The fraction of sp³-hybridized carbons (Fsp3) is 0.700. The van der Waals surface area contributed by atoms with Crippen molar-refractivity contribution in [2.75, 3.05) is 26.7 Å². The number of rotatable bonds is 3. The monoisotopic (exact) mass is 225 g/mol. The highest BCUT2D eigenvalue weighted by molar-refractivity contribution is 5.02. The Labute approximate surface area is 95.4 Å². The van der Waals surface area contributed by atoms with Crippen molar-refractivity contribution in [1.82, 2.24) is 19.9 Å². The number of nitrogens with one attached hydrogen (secondary N) is 1. The van der Waals surface area contributed by atoms with E-state index in [0.29, 0.717) is 0 Å². The second-order valence-electron chi connectivity index (χ2n) is 4.21. The van der Waals surface area contributed by atoms with E-state index in [-0.39, 0.29) is 12.1 Å². The fourth-order valence-electron chi connectivity index (χ4n) is 2.04. The summed E-state index contributed by atoms with van der Waals surface area (Å²) < 4.78 is 7.70. The Morgan fingerprint density at radius 2 is 2.44 bits per heavy atom. The molecule has 2 heterocycles.